The highest BCUT2D eigenvalue weighted by molar-refractivity contribution is 8.76. The molecule has 0 fully saturated rings. The van der Waals surface area contributed by atoms with Crippen molar-refractivity contribution >= 4 is 33.4 Å². The minimum atomic E-state index is -0.605. The van der Waals surface area contributed by atoms with Crippen LogP contribution >= 0.6 is 21.6 Å². The smallest absolute Gasteiger partial charge is 0.242 e. The van der Waals surface area contributed by atoms with E-state index in [1.54, 1.807) is 10.8 Å². The zero-order valence-electron chi connectivity index (χ0n) is 49.6. The summed E-state index contributed by atoms with van der Waals surface area (Å²) in [6.45, 7) is 14.1. The summed E-state index contributed by atoms with van der Waals surface area (Å²) in [6.07, 6.45) is 40.1. The number of unbranched alkanes of at least 4 members (excludes halogenated alkanes) is 25. The van der Waals surface area contributed by atoms with Crippen molar-refractivity contribution in [2.75, 3.05) is 78.0 Å². The standard InChI is InChI=1S/C61H125N5O6S2/c1-7-11-15-19-23-25-29-33-41-57(69)53-66(54-58(70)42-34-30-26-24-20-16-12-8-2)48-37-43-60(71)63-59(61(72)62-45-38-46-64(5)6)44-50-74-73-49-36-35-47-65(51-55(67)39-31-27-21-17-13-9-3)52-56(68)40-32-28-22-18-14-10-4/h55-59,67-70H,7-54H2,1-6H3,(H,62,72)(H,63,71). The van der Waals surface area contributed by atoms with E-state index in [4.69, 9.17) is 0 Å². The molecule has 13 heteroatoms. The number of amides is 2. The zero-order chi connectivity index (χ0) is 54.5. The molecule has 0 aliphatic heterocycles. The molecule has 2 amide bonds. The van der Waals surface area contributed by atoms with E-state index in [9.17, 15) is 30.0 Å². The van der Waals surface area contributed by atoms with Crippen LogP contribution < -0.4 is 10.6 Å². The van der Waals surface area contributed by atoms with Gasteiger partial charge < -0.3 is 36.0 Å². The van der Waals surface area contributed by atoms with E-state index in [1.165, 1.54) is 141 Å². The summed E-state index contributed by atoms with van der Waals surface area (Å²) in [6, 6.07) is -0.605. The predicted octanol–water partition coefficient (Wildman–Crippen LogP) is 13.5. The number of rotatable bonds is 59. The van der Waals surface area contributed by atoms with Crippen molar-refractivity contribution < 1.29 is 30.0 Å². The highest BCUT2D eigenvalue weighted by Gasteiger charge is 2.22. The zero-order valence-corrected chi connectivity index (χ0v) is 51.2. The lowest BCUT2D eigenvalue weighted by Gasteiger charge is -2.27. The number of hydrogen-bond acceptors (Lipinski definition) is 11. The van der Waals surface area contributed by atoms with Gasteiger partial charge in [0.15, 0.2) is 0 Å². The fraction of sp³-hybridized carbons (Fsp3) is 0.967. The Morgan fingerprint density at radius 3 is 1.14 bits per heavy atom. The average molecular weight is 1090 g/mol. The molecule has 442 valence electrons. The number of nitrogens with zero attached hydrogens (tertiary/aromatic N) is 3. The monoisotopic (exact) mass is 1090 g/mol. The first kappa shape index (κ1) is 73.4. The lowest BCUT2D eigenvalue weighted by atomic mass is 10.0. The number of carbonyl (C=O) groups excluding carboxylic acids is 2. The highest BCUT2D eigenvalue weighted by Crippen LogP contribution is 2.24. The normalized spacial score (nSPS) is 14.0. The van der Waals surface area contributed by atoms with Gasteiger partial charge in [0.05, 0.1) is 24.4 Å². The number of carbonyl (C=O) groups is 2. The molecule has 0 aliphatic carbocycles. The van der Waals surface area contributed by atoms with Gasteiger partial charge in [0.2, 0.25) is 11.8 Å². The second-order valence-corrected chi connectivity index (χ2v) is 25.3. The molecule has 74 heavy (non-hydrogen) atoms. The maximum absolute atomic E-state index is 13.5. The van der Waals surface area contributed by atoms with Gasteiger partial charge in [-0.25, -0.2) is 0 Å². The van der Waals surface area contributed by atoms with Gasteiger partial charge in [-0.3, -0.25) is 19.4 Å². The molecule has 0 rings (SSSR count). The summed E-state index contributed by atoms with van der Waals surface area (Å²) in [7, 11) is 7.63. The Kier molecular flexibility index (Phi) is 55.2. The van der Waals surface area contributed by atoms with Crippen LogP contribution in [0.15, 0.2) is 0 Å². The first-order chi connectivity index (χ1) is 35.9. The SMILES string of the molecule is CCCCCCCCCCC(O)CN(CCCC(=O)NC(CCSSCCCCN(CC(O)CCCCCCCC)CC(O)CCCCCCCC)C(=O)NCCCN(C)C)CC(O)CCCCCCCCCC. The Hall–Kier alpha value is -0.640. The fourth-order valence-electron chi connectivity index (χ4n) is 9.93. The van der Waals surface area contributed by atoms with E-state index >= 15 is 0 Å². The van der Waals surface area contributed by atoms with Crippen LogP contribution in [0.1, 0.15) is 272 Å². The van der Waals surface area contributed by atoms with Crippen molar-refractivity contribution in [1.82, 2.24) is 25.3 Å². The Morgan fingerprint density at radius 1 is 0.405 bits per heavy atom. The molecule has 5 unspecified atom stereocenters. The minimum Gasteiger partial charge on any atom is -0.392 e. The van der Waals surface area contributed by atoms with Crippen LogP contribution in [0.4, 0.5) is 0 Å². The van der Waals surface area contributed by atoms with E-state index in [0.29, 0.717) is 52.1 Å². The molecule has 0 saturated heterocycles. The summed E-state index contributed by atoms with van der Waals surface area (Å²) in [5, 5.41) is 50.4. The van der Waals surface area contributed by atoms with Crippen molar-refractivity contribution in [3.63, 3.8) is 0 Å². The van der Waals surface area contributed by atoms with Gasteiger partial charge in [0.1, 0.15) is 6.04 Å². The third-order valence-electron chi connectivity index (χ3n) is 14.6. The number of nitrogens with one attached hydrogen (secondary N) is 2. The molecule has 0 radical (unpaired) electrons. The van der Waals surface area contributed by atoms with Gasteiger partial charge in [0, 0.05) is 50.7 Å². The third-order valence-corrected chi connectivity index (χ3v) is 17.1. The van der Waals surface area contributed by atoms with Gasteiger partial charge in [-0.2, -0.15) is 0 Å². The second kappa shape index (κ2) is 55.7. The van der Waals surface area contributed by atoms with Gasteiger partial charge >= 0.3 is 0 Å². The van der Waals surface area contributed by atoms with Crippen LogP contribution in [-0.4, -0.2) is 155 Å². The lowest BCUT2D eigenvalue weighted by Crippen LogP contribution is -2.47. The topological polar surface area (TPSA) is 149 Å². The third kappa shape index (κ3) is 50.8. The Morgan fingerprint density at radius 2 is 0.757 bits per heavy atom. The molecular formula is C61H125N5O6S2. The minimum absolute atomic E-state index is 0.130. The van der Waals surface area contributed by atoms with Crippen LogP contribution in [0.2, 0.25) is 0 Å². The van der Waals surface area contributed by atoms with Crippen LogP contribution in [0.5, 0.6) is 0 Å². The molecular weight excluding hydrogens is 963 g/mol. The molecule has 0 spiro atoms. The number of hydrogen-bond donors (Lipinski definition) is 6. The first-order valence-corrected chi connectivity index (χ1v) is 34.1. The molecule has 11 nitrogen and oxygen atoms in total. The maximum Gasteiger partial charge on any atom is 0.242 e. The summed E-state index contributed by atoms with van der Waals surface area (Å²) >= 11 is 0. The van der Waals surface area contributed by atoms with Gasteiger partial charge in [-0.05, 0) is 91.5 Å². The lowest BCUT2D eigenvalue weighted by molar-refractivity contribution is -0.129. The molecule has 0 aromatic carbocycles. The van der Waals surface area contributed by atoms with Crippen LogP contribution in [-0.2, 0) is 9.59 Å². The molecule has 5 atom stereocenters. The molecule has 6 N–H and O–H groups in total. The van der Waals surface area contributed by atoms with Crippen molar-refractivity contribution in [3.8, 4) is 0 Å². The van der Waals surface area contributed by atoms with Crippen molar-refractivity contribution in [2.45, 2.75) is 302 Å². The predicted molar refractivity (Wildman–Crippen MR) is 323 cm³/mol. The van der Waals surface area contributed by atoms with Crippen molar-refractivity contribution in [3.05, 3.63) is 0 Å². The van der Waals surface area contributed by atoms with Gasteiger partial charge in [-0.15, -0.1) is 0 Å². The van der Waals surface area contributed by atoms with Gasteiger partial charge in [0.25, 0.3) is 0 Å². The Balaban J connectivity index is 5.26. The quantitative estimate of drug-likeness (QED) is 0.0255. The largest absolute Gasteiger partial charge is 0.392 e. The maximum atomic E-state index is 13.5. The summed E-state index contributed by atoms with van der Waals surface area (Å²) in [5.41, 5.74) is 0. The molecule has 0 aromatic rings. The summed E-state index contributed by atoms with van der Waals surface area (Å²) in [5.74, 6) is 1.46. The fourth-order valence-corrected chi connectivity index (χ4v) is 12.2. The van der Waals surface area contributed by atoms with Crippen molar-refractivity contribution in [2.24, 2.45) is 0 Å². The molecule has 0 bridgehead atoms. The van der Waals surface area contributed by atoms with E-state index < -0.39 is 18.2 Å². The average Bonchev–Trinajstić information content (AvgIpc) is 3.36. The number of aliphatic hydroxyl groups excluding tert-OH is 4. The Labute approximate surface area is 466 Å². The highest BCUT2D eigenvalue weighted by atomic mass is 33.1. The van der Waals surface area contributed by atoms with E-state index in [2.05, 4.69) is 53.0 Å². The van der Waals surface area contributed by atoms with Crippen LogP contribution in [0.25, 0.3) is 0 Å². The van der Waals surface area contributed by atoms with Gasteiger partial charge in [-0.1, -0.05) is 229 Å². The molecule has 0 aliphatic rings. The van der Waals surface area contributed by atoms with E-state index in [-0.39, 0.29) is 30.4 Å². The molecule has 0 heterocycles. The molecule has 0 saturated carbocycles. The first-order valence-electron chi connectivity index (χ1n) is 31.6. The second-order valence-electron chi connectivity index (χ2n) is 22.6. The summed E-state index contributed by atoms with van der Waals surface area (Å²) in [4.78, 5) is 33.6. The van der Waals surface area contributed by atoms with Crippen LogP contribution in [0.3, 0.4) is 0 Å². The van der Waals surface area contributed by atoms with Crippen molar-refractivity contribution in [1.29, 1.82) is 0 Å². The number of aliphatic hydroxyl groups is 4. The summed E-state index contributed by atoms with van der Waals surface area (Å²) < 4.78 is 0. The molecule has 0 aromatic heterocycles. The Bertz CT molecular complexity index is 1140. The van der Waals surface area contributed by atoms with E-state index in [0.717, 1.165) is 108 Å². The van der Waals surface area contributed by atoms with E-state index in [1.807, 2.05) is 24.9 Å². The van der Waals surface area contributed by atoms with Crippen LogP contribution in [0, 0.1) is 0 Å².